The molecule has 0 saturated heterocycles. The topological polar surface area (TPSA) is 45.4 Å². The van der Waals surface area contributed by atoms with Gasteiger partial charge in [-0.2, -0.15) is 0 Å². The second-order valence-corrected chi connectivity index (χ2v) is 7.68. The maximum atomic E-state index is 13.8. The van der Waals surface area contributed by atoms with Gasteiger partial charge in [0, 0.05) is 10.8 Å². The molecule has 0 saturated carbocycles. The Kier molecular flexibility index (Phi) is 5.45. The molecule has 0 aliphatic heterocycles. The normalized spacial score (nSPS) is 11.5. The Hall–Kier alpha value is -4.25. The third-order valence-electron chi connectivity index (χ3n) is 5.79. The molecule has 0 N–H and O–H groups in total. The lowest BCUT2D eigenvalue weighted by Gasteiger charge is -2.15. The summed E-state index contributed by atoms with van der Waals surface area (Å²) in [7, 11) is 3.24. The van der Waals surface area contributed by atoms with Crippen LogP contribution in [0.2, 0.25) is 0 Å². The highest BCUT2D eigenvalue weighted by atomic mass is 16.5. The minimum atomic E-state index is -0.132. The van der Waals surface area contributed by atoms with Gasteiger partial charge >= 0.3 is 0 Å². The number of methoxy groups -OCH3 is 2. The first-order valence-electron chi connectivity index (χ1n) is 10.8. The lowest BCUT2D eigenvalue weighted by molar-refractivity contribution is 0.416. The van der Waals surface area contributed by atoms with Gasteiger partial charge in [-0.05, 0) is 17.7 Å². The number of para-hydroxylation sites is 1. The summed E-state index contributed by atoms with van der Waals surface area (Å²) in [5.74, 6) is 1.20. The number of rotatable bonds is 6. The molecule has 33 heavy (non-hydrogen) atoms. The Balaban J connectivity index is 1.84. The molecule has 0 radical (unpaired) electrons. The summed E-state index contributed by atoms with van der Waals surface area (Å²) < 4.78 is 15.4. The largest absolute Gasteiger partial charge is 0.495 e. The zero-order valence-electron chi connectivity index (χ0n) is 18.6. The Morgan fingerprint density at radius 3 is 1.97 bits per heavy atom. The molecule has 5 rings (SSSR count). The first-order valence-corrected chi connectivity index (χ1v) is 10.8. The predicted octanol–water partition coefficient (Wildman–Crippen LogP) is 5.68. The minimum Gasteiger partial charge on any atom is -0.495 e. The molecule has 0 bridgehead atoms. The fraction of sp³-hybridized carbons (Fsp3) is 0.107. The molecule has 0 atom stereocenters. The van der Waals surface area contributed by atoms with Crippen LogP contribution in [0.5, 0.6) is 11.5 Å². The Morgan fingerprint density at radius 1 is 0.758 bits per heavy atom. The maximum absolute atomic E-state index is 13.8. The third-order valence-corrected chi connectivity index (χ3v) is 5.79. The standard InChI is InChI=1S/C28H24N2O3/c1-32-26-22-17-9-10-18-23(22)27(33-2)25-24(26)28(31)29(30(25)21-15-7-4-8-16-21)19-11-14-20-12-5-3-6-13-20/h3-18H,19H2,1-2H3. The van der Waals surface area contributed by atoms with Crippen LogP contribution in [0.25, 0.3) is 33.4 Å². The van der Waals surface area contributed by atoms with Crippen molar-refractivity contribution < 1.29 is 9.47 Å². The molecular formula is C28H24N2O3. The number of ether oxygens (including phenoxy) is 2. The summed E-state index contributed by atoms with van der Waals surface area (Å²) in [6.07, 6.45) is 4.01. The zero-order chi connectivity index (χ0) is 22.8. The molecular weight excluding hydrogens is 412 g/mol. The molecule has 0 fully saturated rings. The molecule has 5 aromatic rings. The second kappa shape index (κ2) is 8.71. The van der Waals surface area contributed by atoms with Gasteiger partial charge in [0.1, 0.15) is 16.7 Å². The molecule has 4 aromatic carbocycles. The highest BCUT2D eigenvalue weighted by molar-refractivity contribution is 6.10. The number of allylic oxidation sites excluding steroid dienone is 1. The fourth-order valence-corrected chi connectivity index (χ4v) is 4.38. The van der Waals surface area contributed by atoms with E-state index in [0.717, 1.165) is 22.0 Å². The number of benzene rings is 4. The number of aromatic nitrogens is 2. The average Bonchev–Trinajstić information content (AvgIpc) is 3.15. The molecule has 0 amide bonds. The Morgan fingerprint density at radius 2 is 1.33 bits per heavy atom. The van der Waals surface area contributed by atoms with E-state index in [4.69, 9.17) is 9.47 Å². The Bertz CT molecular complexity index is 1510. The van der Waals surface area contributed by atoms with Crippen molar-refractivity contribution in [3.05, 3.63) is 107 Å². The molecule has 0 aliphatic carbocycles. The van der Waals surface area contributed by atoms with E-state index >= 15 is 0 Å². The van der Waals surface area contributed by atoms with E-state index in [0.29, 0.717) is 28.9 Å². The molecule has 0 unspecified atom stereocenters. The van der Waals surface area contributed by atoms with Crippen molar-refractivity contribution in [3.63, 3.8) is 0 Å². The van der Waals surface area contributed by atoms with E-state index in [9.17, 15) is 4.79 Å². The van der Waals surface area contributed by atoms with Gasteiger partial charge in [-0.1, -0.05) is 84.9 Å². The van der Waals surface area contributed by atoms with E-state index in [1.807, 2.05) is 102 Å². The van der Waals surface area contributed by atoms with E-state index in [2.05, 4.69) is 0 Å². The summed E-state index contributed by atoms with van der Waals surface area (Å²) >= 11 is 0. The molecule has 1 aromatic heterocycles. The molecule has 164 valence electrons. The predicted molar refractivity (Wildman–Crippen MR) is 134 cm³/mol. The summed E-state index contributed by atoms with van der Waals surface area (Å²) in [5, 5.41) is 2.25. The number of fused-ring (bicyclic) bond motifs is 2. The van der Waals surface area contributed by atoms with E-state index in [-0.39, 0.29) is 5.56 Å². The second-order valence-electron chi connectivity index (χ2n) is 7.68. The highest BCUT2D eigenvalue weighted by Gasteiger charge is 2.25. The molecule has 5 heteroatoms. The summed E-state index contributed by atoms with van der Waals surface area (Å²) in [6, 6.07) is 27.7. The van der Waals surface area contributed by atoms with Crippen molar-refractivity contribution in [2.45, 2.75) is 6.54 Å². The van der Waals surface area contributed by atoms with Crippen LogP contribution < -0.4 is 15.0 Å². The first kappa shape index (κ1) is 20.6. The van der Waals surface area contributed by atoms with Crippen molar-refractivity contribution >= 4 is 27.8 Å². The van der Waals surface area contributed by atoms with E-state index < -0.39 is 0 Å². The summed E-state index contributed by atoms with van der Waals surface area (Å²) in [4.78, 5) is 13.8. The molecule has 0 spiro atoms. The van der Waals surface area contributed by atoms with Crippen molar-refractivity contribution in [1.29, 1.82) is 0 Å². The lowest BCUT2D eigenvalue weighted by atomic mass is 10.0. The van der Waals surface area contributed by atoms with Crippen LogP contribution in [0.1, 0.15) is 5.56 Å². The van der Waals surface area contributed by atoms with Gasteiger partial charge in [0.05, 0.1) is 26.5 Å². The van der Waals surface area contributed by atoms with E-state index in [1.54, 1.807) is 18.9 Å². The van der Waals surface area contributed by atoms with Crippen molar-refractivity contribution in [2.75, 3.05) is 14.2 Å². The summed E-state index contributed by atoms with van der Waals surface area (Å²) in [5.41, 5.74) is 2.51. The van der Waals surface area contributed by atoms with Gasteiger partial charge in [-0.3, -0.25) is 4.79 Å². The van der Waals surface area contributed by atoms with Crippen LogP contribution in [0, 0.1) is 0 Å². The van der Waals surface area contributed by atoms with Gasteiger partial charge in [-0.25, -0.2) is 9.36 Å². The van der Waals surface area contributed by atoms with Crippen molar-refractivity contribution in [3.8, 4) is 17.2 Å². The fourth-order valence-electron chi connectivity index (χ4n) is 4.38. The Labute approximate surface area is 191 Å². The van der Waals surface area contributed by atoms with Gasteiger partial charge < -0.3 is 9.47 Å². The van der Waals surface area contributed by atoms with Crippen LogP contribution in [0.4, 0.5) is 0 Å². The maximum Gasteiger partial charge on any atom is 0.279 e. The highest BCUT2D eigenvalue weighted by Crippen LogP contribution is 2.42. The number of hydrogen-bond acceptors (Lipinski definition) is 3. The number of hydrogen-bond donors (Lipinski definition) is 0. The third kappa shape index (κ3) is 3.48. The van der Waals surface area contributed by atoms with Gasteiger partial charge in [0.15, 0.2) is 5.75 Å². The van der Waals surface area contributed by atoms with Gasteiger partial charge in [-0.15, -0.1) is 0 Å². The zero-order valence-corrected chi connectivity index (χ0v) is 18.6. The quantitative estimate of drug-likeness (QED) is 0.344. The number of nitrogens with zero attached hydrogens (tertiary/aromatic N) is 2. The SMILES string of the molecule is COc1c2ccccc2c(OC)c2c1c(=O)n(CC=Cc1ccccc1)n2-c1ccccc1. The van der Waals surface area contributed by atoms with E-state index in [1.165, 1.54) is 0 Å². The minimum absolute atomic E-state index is 0.132. The van der Waals surface area contributed by atoms with Crippen molar-refractivity contribution in [1.82, 2.24) is 9.36 Å². The molecule has 1 heterocycles. The van der Waals surface area contributed by atoms with Crippen LogP contribution in [0.3, 0.4) is 0 Å². The summed E-state index contributed by atoms with van der Waals surface area (Å²) in [6.45, 7) is 0.389. The van der Waals surface area contributed by atoms with Gasteiger partial charge in [0.25, 0.3) is 5.56 Å². The molecule has 0 aliphatic rings. The van der Waals surface area contributed by atoms with Crippen molar-refractivity contribution in [2.24, 2.45) is 0 Å². The smallest absolute Gasteiger partial charge is 0.279 e. The average molecular weight is 437 g/mol. The monoisotopic (exact) mass is 436 g/mol. The van der Waals surface area contributed by atoms with Crippen LogP contribution >= 0.6 is 0 Å². The molecule has 5 nitrogen and oxygen atoms in total. The lowest BCUT2D eigenvalue weighted by Crippen LogP contribution is -2.21. The van der Waals surface area contributed by atoms with Crippen LogP contribution in [0.15, 0.2) is 95.8 Å². The van der Waals surface area contributed by atoms with Crippen LogP contribution in [-0.2, 0) is 6.54 Å². The van der Waals surface area contributed by atoms with Gasteiger partial charge in [0.2, 0.25) is 0 Å². The first-order chi connectivity index (χ1) is 16.2. The van der Waals surface area contributed by atoms with Crippen LogP contribution in [-0.4, -0.2) is 23.6 Å².